The first kappa shape index (κ1) is 42.7. The minimum Gasteiger partial charge on any atom is -0.855 e. The summed E-state index contributed by atoms with van der Waals surface area (Å²) in [7, 11) is 0. The Kier molecular flexibility index (Phi) is 304. The van der Waals surface area contributed by atoms with Crippen LogP contribution in [-0.2, 0) is 21.1 Å². The van der Waals surface area contributed by atoms with E-state index in [0.29, 0.717) is 0 Å². The van der Waals surface area contributed by atoms with Crippen LogP contribution in [0.4, 0.5) is 0 Å². The summed E-state index contributed by atoms with van der Waals surface area (Å²) in [5, 5.41) is 53.6. The number of rotatable bonds is 0. The first-order chi connectivity index (χ1) is 8.49. The van der Waals surface area contributed by atoms with Crippen LogP contribution in [0.3, 0.4) is 0 Å². The van der Waals surface area contributed by atoms with Crippen LogP contribution in [0.2, 0.25) is 0 Å². The van der Waals surface area contributed by atoms with Crippen molar-refractivity contribution in [1.82, 2.24) is 0 Å². The number of hydrogen-bond acceptors (Lipinski definition) is 6. The van der Waals surface area contributed by atoms with Crippen LogP contribution in [0.15, 0.2) is 0 Å². The predicted octanol–water partition coefficient (Wildman–Crippen LogP) is -3.80. The first-order valence-corrected chi connectivity index (χ1v) is 5.97. The maximum Gasteiger partial charge on any atom is 0 e. The minimum atomic E-state index is 0. The van der Waals surface area contributed by atoms with E-state index in [4.69, 9.17) is 30.6 Å². The quantitative estimate of drug-likeness (QED) is 0.368. The van der Waals surface area contributed by atoms with Gasteiger partial charge in [-0.05, 0) is 0 Å². The Bertz CT molecular complexity index is 37.7. The fourth-order valence-electron chi connectivity index (χ4n) is 0. The van der Waals surface area contributed by atoms with E-state index in [1.807, 2.05) is 0 Å². The van der Waals surface area contributed by atoms with Gasteiger partial charge in [0.2, 0.25) is 0 Å². The summed E-state index contributed by atoms with van der Waals surface area (Å²) in [5.41, 5.74) is 0. The second-order valence-corrected chi connectivity index (χ2v) is 1.73. The van der Waals surface area contributed by atoms with Gasteiger partial charge in [-0.15, -0.1) is 39.6 Å². The van der Waals surface area contributed by atoms with E-state index in [9.17, 15) is 0 Å². The van der Waals surface area contributed by atoms with Gasteiger partial charge >= 0.3 is 0 Å². The van der Waals surface area contributed by atoms with E-state index in [2.05, 4.69) is 0 Å². The molecule has 0 aliphatic heterocycles. The molecule has 0 aromatic carbocycles. The fraction of sp³-hybridized carbons (Fsp3) is 1.00. The van der Waals surface area contributed by atoms with Gasteiger partial charge in [0.15, 0.2) is 0 Å². The molecule has 0 radical (unpaired) electrons. The molecule has 0 aliphatic carbocycles. The molecular weight excluding hydrogens is 424 g/mol. The van der Waals surface area contributed by atoms with E-state index in [1.165, 1.54) is 0 Å². The van der Waals surface area contributed by atoms with Gasteiger partial charge in [0.25, 0.3) is 0 Å². The van der Waals surface area contributed by atoms with Crippen molar-refractivity contribution >= 4 is 0 Å². The minimum absolute atomic E-state index is 0. The van der Waals surface area contributed by atoms with E-state index < -0.39 is 0 Å². The Balaban J connectivity index is -0.0000000180. The summed E-state index contributed by atoms with van der Waals surface area (Å²) >= 11 is 0. The van der Waals surface area contributed by atoms with Crippen molar-refractivity contribution in [2.75, 3.05) is 39.6 Å². The third kappa shape index (κ3) is 24800. The van der Waals surface area contributed by atoms with E-state index in [-0.39, 0.29) is 60.7 Å². The van der Waals surface area contributed by atoms with E-state index >= 15 is 0 Å². The van der Waals surface area contributed by atoms with Crippen LogP contribution in [0, 0.1) is 0 Å². The van der Waals surface area contributed by atoms with Crippen molar-refractivity contribution < 1.29 is 51.7 Å². The van der Waals surface area contributed by atoms with Crippen LogP contribution < -0.4 is 30.6 Å². The largest absolute Gasteiger partial charge is 0.855 e. The van der Waals surface area contributed by atoms with Crippen molar-refractivity contribution in [2.45, 2.75) is 41.5 Å². The third-order valence-corrected chi connectivity index (χ3v) is 0. The molecule has 0 saturated heterocycles. The molecule has 19 heavy (non-hydrogen) atoms. The van der Waals surface area contributed by atoms with Gasteiger partial charge in [-0.1, -0.05) is 41.5 Å². The standard InChI is InChI=1S/6C2H5O.W/c6*1-2-3;/h6*2H2,1H3;/q6*-1;. The molecule has 0 bridgehead atoms. The topological polar surface area (TPSA) is 138 Å². The molecule has 126 valence electrons. The molecule has 0 aromatic rings. The molecule has 0 saturated carbocycles. The molecule has 6 nitrogen and oxygen atoms in total. The second-order valence-electron chi connectivity index (χ2n) is 1.73. The van der Waals surface area contributed by atoms with E-state index in [1.54, 1.807) is 41.5 Å². The Morgan fingerprint density at radius 3 is 0.368 bits per heavy atom. The molecule has 0 unspecified atom stereocenters. The van der Waals surface area contributed by atoms with Gasteiger partial charge in [-0.25, -0.2) is 0 Å². The monoisotopic (exact) mass is 454 g/mol. The molecule has 0 atom stereocenters. The summed E-state index contributed by atoms with van der Waals surface area (Å²) in [6, 6.07) is 0. The van der Waals surface area contributed by atoms with Gasteiger partial charge in [0.05, 0.1) is 0 Å². The van der Waals surface area contributed by atoms with Crippen LogP contribution in [0.1, 0.15) is 41.5 Å². The molecule has 0 amide bonds. The molecule has 0 N–H and O–H groups in total. The van der Waals surface area contributed by atoms with Crippen molar-refractivity contribution in [2.24, 2.45) is 0 Å². The Hall–Kier alpha value is 0.448. The molecule has 0 heterocycles. The second kappa shape index (κ2) is 135. The zero-order valence-corrected chi connectivity index (χ0v) is 16.0. The fourth-order valence-corrected chi connectivity index (χ4v) is 0. The van der Waals surface area contributed by atoms with Crippen molar-refractivity contribution in [3.8, 4) is 0 Å². The maximum atomic E-state index is 8.93. The zero-order valence-electron chi connectivity index (χ0n) is 13.1. The summed E-state index contributed by atoms with van der Waals surface area (Å²) in [6.07, 6.45) is 0. The summed E-state index contributed by atoms with van der Waals surface area (Å²) in [4.78, 5) is 0. The molecule has 0 aromatic heterocycles. The molecule has 7 heteroatoms. The molecule has 0 fully saturated rings. The smallest absolute Gasteiger partial charge is 0 e. The van der Waals surface area contributed by atoms with Crippen LogP contribution in [-0.4, -0.2) is 39.6 Å². The predicted molar refractivity (Wildman–Crippen MR) is 63.2 cm³/mol. The van der Waals surface area contributed by atoms with Gasteiger partial charge in [-0.3, -0.25) is 0 Å². The Morgan fingerprint density at radius 1 is 0.368 bits per heavy atom. The Labute approximate surface area is 133 Å². The number of hydrogen-bond donors (Lipinski definition) is 0. The van der Waals surface area contributed by atoms with E-state index in [0.717, 1.165) is 0 Å². The van der Waals surface area contributed by atoms with Crippen LogP contribution >= 0.6 is 0 Å². The van der Waals surface area contributed by atoms with Crippen molar-refractivity contribution in [3.05, 3.63) is 0 Å². The zero-order chi connectivity index (χ0) is 16.2. The van der Waals surface area contributed by atoms with Gasteiger partial charge in [0, 0.05) is 21.1 Å². The third-order valence-electron chi connectivity index (χ3n) is 0. The summed E-state index contributed by atoms with van der Waals surface area (Å²) < 4.78 is 0. The van der Waals surface area contributed by atoms with Crippen molar-refractivity contribution in [1.29, 1.82) is 0 Å². The molecule has 0 rings (SSSR count). The van der Waals surface area contributed by atoms with Gasteiger partial charge in [0.1, 0.15) is 0 Å². The molecule has 0 spiro atoms. The maximum absolute atomic E-state index is 8.93. The van der Waals surface area contributed by atoms with Gasteiger partial charge in [-0.2, -0.15) is 0 Å². The molecular formula is C12H30O6W-6. The van der Waals surface area contributed by atoms with Crippen LogP contribution in [0.5, 0.6) is 0 Å². The van der Waals surface area contributed by atoms with Crippen LogP contribution in [0.25, 0.3) is 0 Å². The first-order valence-electron chi connectivity index (χ1n) is 5.97. The van der Waals surface area contributed by atoms with Crippen molar-refractivity contribution in [3.63, 3.8) is 0 Å². The van der Waals surface area contributed by atoms with Gasteiger partial charge < -0.3 is 30.6 Å². The normalized spacial score (nSPS) is 5.68. The summed E-state index contributed by atoms with van der Waals surface area (Å²) in [6.45, 7) is 9.42. The SMILES string of the molecule is CC[O-].CC[O-].CC[O-].CC[O-].CC[O-].CC[O-].[W]. The summed E-state index contributed by atoms with van der Waals surface area (Å²) in [5.74, 6) is 0. The average Bonchev–Trinajstić information content (AvgIpc) is 2.23. The molecule has 0 aliphatic rings. The average molecular weight is 454 g/mol. The Morgan fingerprint density at radius 2 is 0.368 bits per heavy atom.